The average molecular weight is 430 g/mol. The van der Waals surface area contributed by atoms with E-state index in [1.165, 1.54) is 19.2 Å². The summed E-state index contributed by atoms with van der Waals surface area (Å²) in [5.74, 6) is -0.152. The molecule has 2 rings (SSSR count). The lowest BCUT2D eigenvalue weighted by Crippen LogP contribution is -2.46. The number of nitrogens with zero attached hydrogens (tertiary/aromatic N) is 1. The number of alkyl carbamates (subject to hydrolysis) is 1. The average Bonchev–Trinajstić information content (AvgIpc) is 3.01. The molecule has 6 nitrogen and oxygen atoms in total. The molecule has 0 unspecified atom stereocenters. The Bertz CT molecular complexity index is 744. The largest absolute Gasteiger partial charge is 0.444 e. The van der Waals surface area contributed by atoms with Gasteiger partial charge in [-0.1, -0.05) is 19.1 Å². The highest BCUT2D eigenvalue weighted by Crippen LogP contribution is 2.37. The van der Waals surface area contributed by atoms with Crippen LogP contribution in [-0.4, -0.2) is 48.8 Å². The van der Waals surface area contributed by atoms with Gasteiger partial charge in [0.1, 0.15) is 5.60 Å². The summed E-state index contributed by atoms with van der Waals surface area (Å²) >= 11 is 0. The number of benzene rings is 1. The quantitative estimate of drug-likeness (QED) is 0.762. The maximum absolute atomic E-state index is 13.1. The topological polar surface area (TPSA) is 67.9 Å². The van der Waals surface area contributed by atoms with Crippen molar-refractivity contribution in [1.29, 1.82) is 0 Å². The minimum atomic E-state index is -4.41. The van der Waals surface area contributed by atoms with E-state index in [-0.39, 0.29) is 24.4 Å². The number of amides is 2. The Morgan fingerprint density at radius 1 is 1.20 bits per heavy atom. The number of hydrogen-bond acceptors (Lipinski definition) is 4. The first kappa shape index (κ1) is 24.0. The highest BCUT2D eigenvalue weighted by atomic mass is 19.4. The highest BCUT2D eigenvalue weighted by Gasteiger charge is 2.38. The second-order valence-electron chi connectivity index (χ2n) is 8.57. The third-order valence-electron chi connectivity index (χ3n) is 4.81. The molecule has 0 saturated carbocycles. The Morgan fingerprint density at radius 2 is 1.80 bits per heavy atom. The zero-order valence-electron chi connectivity index (χ0n) is 17.9. The van der Waals surface area contributed by atoms with E-state index < -0.39 is 29.5 Å². The molecule has 1 aliphatic heterocycles. The van der Waals surface area contributed by atoms with Crippen molar-refractivity contribution in [3.63, 3.8) is 0 Å². The standard InChI is InChI=1S/C21H29F3N2O4/c1-13-10-16(14-6-8-15(9-7-14)21(22,23)24)26(12-13)18(27)17(29-5)11-25-19(28)30-20(2,3)4/h6-9,13,16-17H,10-12H2,1-5H3,(H,25,28)/t13-,16-,17-/m0/s1. The summed E-state index contributed by atoms with van der Waals surface area (Å²) in [5.41, 5.74) is -0.767. The molecule has 30 heavy (non-hydrogen) atoms. The normalized spacial score (nSPS) is 20.7. The van der Waals surface area contributed by atoms with Gasteiger partial charge in [0.2, 0.25) is 0 Å². The van der Waals surface area contributed by atoms with Crippen LogP contribution in [0.15, 0.2) is 24.3 Å². The van der Waals surface area contributed by atoms with Gasteiger partial charge >= 0.3 is 12.3 Å². The smallest absolute Gasteiger partial charge is 0.416 e. The maximum atomic E-state index is 13.1. The van der Waals surface area contributed by atoms with E-state index in [0.29, 0.717) is 18.5 Å². The van der Waals surface area contributed by atoms with Crippen LogP contribution in [0.5, 0.6) is 0 Å². The molecule has 1 saturated heterocycles. The van der Waals surface area contributed by atoms with Crippen molar-refractivity contribution in [2.24, 2.45) is 5.92 Å². The van der Waals surface area contributed by atoms with E-state index >= 15 is 0 Å². The first-order valence-electron chi connectivity index (χ1n) is 9.79. The molecular formula is C21H29F3N2O4. The van der Waals surface area contributed by atoms with Gasteiger partial charge in [-0.3, -0.25) is 4.79 Å². The van der Waals surface area contributed by atoms with Gasteiger partial charge in [-0.05, 0) is 50.8 Å². The fourth-order valence-corrected chi connectivity index (χ4v) is 3.45. The van der Waals surface area contributed by atoms with Gasteiger partial charge in [0.05, 0.1) is 18.2 Å². The molecule has 1 fully saturated rings. The van der Waals surface area contributed by atoms with Crippen LogP contribution in [0.2, 0.25) is 0 Å². The van der Waals surface area contributed by atoms with Crippen LogP contribution in [0.3, 0.4) is 0 Å². The summed E-state index contributed by atoms with van der Waals surface area (Å²) in [5, 5.41) is 2.53. The zero-order chi connectivity index (χ0) is 22.7. The molecule has 1 aliphatic rings. The molecular weight excluding hydrogens is 401 g/mol. The second kappa shape index (κ2) is 9.24. The molecule has 1 aromatic rings. The predicted octanol–water partition coefficient (Wildman–Crippen LogP) is 4.15. The molecule has 0 spiro atoms. The number of likely N-dealkylation sites (tertiary alicyclic amines) is 1. The fourth-order valence-electron chi connectivity index (χ4n) is 3.45. The molecule has 0 bridgehead atoms. The Kier molecular flexibility index (Phi) is 7.39. The predicted molar refractivity (Wildman–Crippen MR) is 105 cm³/mol. The van der Waals surface area contributed by atoms with Crippen LogP contribution in [0.1, 0.15) is 51.3 Å². The van der Waals surface area contributed by atoms with Gasteiger partial charge in [0.15, 0.2) is 6.10 Å². The van der Waals surface area contributed by atoms with Crippen molar-refractivity contribution < 1.29 is 32.2 Å². The van der Waals surface area contributed by atoms with E-state index in [1.54, 1.807) is 25.7 Å². The number of methoxy groups -OCH3 is 1. The fraction of sp³-hybridized carbons (Fsp3) is 0.619. The summed E-state index contributed by atoms with van der Waals surface area (Å²) in [4.78, 5) is 26.5. The van der Waals surface area contributed by atoms with Crippen LogP contribution in [0.4, 0.5) is 18.0 Å². The zero-order valence-corrected chi connectivity index (χ0v) is 17.9. The van der Waals surface area contributed by atoms with Crippen LogP contribution < -0.4 is 5.32 Å². The van der Waals surface area contributed by atoms with E-state index in [4.69, 9.17) is 9.47 Å². The monoisotopic (exact) mass is 430 g/mol. The third-order valence-corrected chi connectivity index (χ3v) is 4.81. The Labute approximate surface area is 174 Å². The van der Waals surface area contributed by atoms with Crippen molar-refractivity contribution in [2.45, 2.75) is 58.0 Å². The second-order valence-corrected chi connectivity index (χ2v) is 8.57. The molecule has 168 valence electrons. The molecule has 9 heteroatoms. The molecule has 2 amide bonds. The third kappa shape index (κ3) is 6.35. The number of ether oxygens (including phenoxy) is 2. The van der Waals surface area contributed by atoms with Crippen molar-refractivity contribution >= 4 is 12.0 Å². The van der Waals surface area contributed by atoms with Gasteiger partial charge in [0.25, 0.3) is 5.91 Å². The van der Waals surface area contributed by atoms with Gasteiger partial charge in [-0.25, -0.2) is 4.79 Å². The van der Waals surface area contributed by atoms with Crippen LogP contribution in [-0.2, 0) is 20.4 Å². The number of nitrogens with one attached hydrogen (secondary N) is 1. The van der Waals surface area contributed by atoms with Crippen molar-refractivity contribution in [3.05, 3.63) is 35.4 Å². The van der Waals surface area contributed by atoms with Gasteiger partial charge < -0.3 is 19.7 Å². The summed E-state index contributed by atoms with van der Waals surface area (Å²) in [6, 6.07) is 4.52. The van der Waals surface area contributed by atoms with Gasteiger partial charge in [-0.2, -0.15) is 13.2 Å². The summed E-state index contributed by atoms with van der Waals surface area (Å²) in [6.45, 7) is 7.54. The van der Waals surface area contributed by atoms with Crippen LogP contribution in [0.25, 0.3) is 0 Å². The van der Waals surface area contributed by atoms with Crippen LogP contribution in [0, 0.1) is 5.92 Å². The minimum absolute atomic E-state index is 0.0745. The molecule has 1 heterocycles. The van der Waals surface area contributed by atoms with Crippen LogP contribution >= 0.6 is 0 Å². The van der Waals surface area contributed by atoms with Gasteiger partial charge in [-0.15, -0.1) is 0 Å². The molecule has 0 aliphatic carbocycles. The number of carbonyl (C=O) groups excluding carboxylic acids is 2. The number of carbonyl (C=O) groups is 2. The summed E-state index contributed by atoms with van der Waals surface area (Å²) in [7, 11) is 1.37. The summed E-state index contributed by atoms with van der Waals surface area (Å²) in [6.07, 6.45) is -5.37. The van der Waals surface area contributed by atoms with Gasteiger partial charge in [0, 0.05) is 13.7 Å². The van der Waals surface area contributed by atoms with Crippen molar-refractivity contribution in [2.75, 3.05) is 20.2 Å². The SMILES string of the molecule is CO[C@@H](CNC(=O)OC(C)(C)C)C(=O)N1C[C@@H](C)C[C@H]1c1ccc(C(F)(F)F)cc1. The number of hydrogen-bond donors (Lipinski definition) is 1. The molecule has 0 radical (unpaired) electrons. The number of rotatable bonds is 5. The lowest BCUT2D eigenvalue weighted by molar-refractivity contribution is -0.143. The first-order valence-corrected chi connectivity index (χ1v) is 9.79. The van der Waals surface area contributed by atoms with Crippen molar-refractivity contribution in [3.8, 4) is 0 Å². The van der Waals surface area contributed by atoms with E-state index in [9.17, 15) is 22.8 Å². The lowest BCUT2D eigenvalue weighted by Gasteiger charge is -2.29. The first-order chi connectivity index (χ1) is 13.8. The molecule has 1 aromatic carbocycles. The molecule has 1 N–H and O–H groups in total. The molecule has 3 atom stereocenters. The van der Waals surface area contributed by atoms with E-state index in [0.717, 1.165) is 12.1 Å². The minimum Gasteiger partial charge on any atom is -0.444 e. The molecule has 0 aromatic heterocycles. The lowest BCUT2D eigenvalue weighted by atomic mass is 9.99. The number of halogens is 3. The maximum Gasteiger partial charge on any atom is 0.416 e. The van der Waals surface area contributed by atoms with E-state index in [1.807, 2.05) is 6.92 Å². The summed E-state index contributed by atoms with van der Waals surface area (Å²) < 4.78 is 49.0. The Hall–Kier alpha value is -2.29. The van der Waals surface area contributed by atoms with Crippen molar-refractivity contribution in [1.82, 2.24) is 10.2 Å². The highest BCUT2D eigenvalue weighted by molar-refractivity contribution is 5.82. The Balaban J connectivity index is 2.10. The van der Waals surface area contributed by atoms with E-state index in [2.05, 4.69) is 5.32 Å². The number of alkyl halides is 3. The Morgan fingerprint density at radius 3 is 2.30 bits per heavy atom.